The predicted molar refractivity (Wildman–Crippen MR) is 109 cm³/mol. The Bertz CT molecular complexity index is 947. The zero-order valence-corrected chi connectivity index (χ0v) is 16.9. The maximum Gasteiger partial charge on any atom is 0.179 e. The molecule has 0 radical (unpaired) electrons. The number of hydrogen-bond donors (Lipinski definition) is 0. The largest absolute Gasteiger partial charge is 0.378 e. The Labute approximate surface area is 161 Å². The van der Waals surface area contributed by atoms with Gasteiger partial charge in [0.25, 0.3) is 0 Å². The number of aryl methyl sites for hydroxylation is 1. The van der Waals surface area contributed by atoms with Crippen molar-refractivity contribution in [2.24, 2.45) is 0 Å². The normalized spacial score (nSPS) is 18.9. The average Bonchev–Trinajstić information content (AvgIpc) is 2.67. The molecule has 7 heteroatoms. The number of aromatic nitrogens is 1. The smallest absolute Gasteiger partial charge is 0.179 e. The molecule has 0 atom stereocenters. The molecule has 0 N–H and O–H groups in total. The van der Waals surface area contributed by atoms with Crippen molar-refractivity contribution in [2.45, 2.75) is 31.1 Å². The lowest BCUT2D eigenvalue weighted by Crippen LogP contribution is -2.37. The lowest BCUT2D eigenvalue weighted by atomic mass is 10.1. The number of sulfone groups is 1. The molecule has 2 aromatic rings. The minimum Gasteiger partial charge on any atom is -0.378 e. The van der Waals surface area contributed by atoms with Crippen LogP contribution in [0, 0.1) is 6.92 Å². The maximum atomic E-state index is 12.6. The number of fused-ring (bicyclic) bond motifs is 1. The molecule has 146 valence electrons. The first-order valence-electron chi connectivity index (χ1n) is 9.67. The number of anilines is 2. The lowest BCUT2D eigenvalue weighted by Gasteiger charge is -2.33. The van der Waals surface area contributed by atoms with Crippen molar-refractivity contribution >= 4 is 32.1 Å². The predicted octanol–water partition coefficient (Wildman–Crippen LogP) is 2.77. The van der Waals surface area contributed by atoms with E-state index in [2.05, 4.69) is 26.9 Å². The van der Waals surface area contributed by atoms with Crippen molar-refractivity contribution in [1.29, 1.82) is 0 Å². The van der Waals surface area contributed by atoms with Crippen molar-refractivity contribution in [3.63, 3.8) is 0 Å². The number of hydrogen-bond acceptors (Lipinski definition) is 6. The second kappa shape index (κ2) is 7.28. The summed E-state index contributed by atoms with van der Waals surface area (Å²) in [6, 6.07) is 6.28. The van der Waals surface area contributed by atoms with Crippen LogP contribution in [-0.2, 0) is 14.6 Å². The zero-order chi connectivity index (χ0) is 19.0. The van der Waals surface area contributed by atoms with Crippen LogP contribution in [0.15, 0.2) is 23.1 Å². The van der Waals surface area contributed by atoms with Gasteiger partial charge in [-0.25, -0.2) is 8.42 Å². The molecule has 4 rings (SSSR count). The van der Waals surface area contributed by atoms with Crippen LogP contribution >= 0.6 is 0 Å². The molecule has 3 heterocycles. The van der Waals surface area contributed by atoms with Crippen LogP contribution in [0.1, 0.15) is 25.0 Å². The molecule has 0 aliphatic carbocycles. The molecule has 0 amide bonds. The molecule has 27 heavy (non-hydrogen) atoms. The number of benzene rings is 1. The Morgan fingerprint density at radius 2 is 1.70 bits per heavy atom. The molecule has 0 saturated carbocycles. The third-order valence-electron chi connectivity index (χ3n) is 5.49. The molecule has 2 aliphatic heterocycles. The first-order valence-corrected chi connectivity index (χ1v) is 11.6. The van der Waals surface area contributed by atoms with E-state index in [4.69, 9.17) is 4.74 Å². The SMILES string of the molecule is Cc1nc2ccc(N3CCCCC3)cc2c(N2CCOCC2)c1S(C)(=O)=O. The summed E-state index contributed by atoms with van der Waals surface area (Å²) in [5.41, 5.74) is 3.36. The molecule has 2 fully saturated rings. The summed E-state index contributed by atoms with van der Waals surface area (Å²) in [7, 11) is -3.40. The molecular weight excluding hydrogens is 362 g/mol. The highest BCUT2D eigenvalue weighted by atomic mass is 32.2. The maximum absolute atomic E-state index is 12.6. The summed E-state index contributed by atoms with van der Waals surface area (Å²) in [6.07, 6.45) is 4.97. The molecule has 0 unspecified atom stereocenters. The number of pyridine rings is 1. The summed E-state index contributed by atoms with van der Waals surface area (Å²) in [6.45, 7) is 6.49. The molecule has 0 spiro atoms. The molecule has 2 saturated heterocycles. The molecule has 0 bridgehead atoms. The summed E-state index contributed by atoms with van der Waals surface area (Å²) in [4.78, 5) is 9.53. The van der Waals surface area contributed by atoms with Crippen LogP contribution in [0.25, 0.3) is 10.9 Å². The summed E-state index contributed by atoms with van der Waals surface area (Å²) in [5.74, 6) is 0. The molecule has 1 aromatic heterocycles. The number of morpholine rings is 1. The Morgan fingerprint density at radius 1 is 1.00 bits per heavy atom. The van der Waals surface area contributed by atoms with E-state index in [1.807, 2.05) is 6.07 Å². The van der Waals surface area contributed by atoms with Gasteiger partial charge in [0.05, 0.1) is 30.1 Å². The zero-order valence-electron chi connectivity index (χ0n) is 16.1. The first kappa shape index (κ1) is 18.5. The van der Waals surface area contributed by atoms with E-state index in [1.54, 1.807) is 6.92 Å². The minimum atomic E-state index is -3.40. The van der Waals surface area contributed by atoms with E-state index in [0.29, 0.717) is 36.9 Å². The second-order valence-electron chi connectivity index (χ2n) is 7.50. The standard InChI is InChI=1S/C20H27N3O3S/c1-15-20(27(2,24)25)19(23-10-12-26-13-11-23)17-14-16(6-7-18(17)21-15)22-8-4-3-5-9-22/h6-7,14H,3-5,8-13H2,1-2H3. The second-order valence-corrected chi connectivity index (χ2v) is 9.45. The molecular formula is C20H27N3O3S. The number of piperidine rings is 1. The minimum absolute atomic E-state index is 0.354. The highest BCUT2D eigenvalue weighted by molar-refractivity contribution is 7.91. The van der Waals surface area contributed by atoms with Crippen molar-refractivity contribution in [2.75, 3.05) is 55.4 Å². The van der Waals surface area contributed by atoms with Crippen molar-refractivity contribution < 1.29 is 13.2 Å². The van der Waals surface area contributed by atoms with Gasteiger partial charge in [0.15, 0.2) is 9.84 Å². The molecule has 1 aromatic carbocycles. The highest BCUT2D eigenvalue weighted by Crippen LogP contribution is 2.37. The van der Waals surface area contributed by atoms with Gasteiger partial charge >= 0.3 is 0 Å². The Morgan fingerprint density at radius 3 is 2.37 bits per heavy atom. The van der Waals surface area contributed by atoms with Gasteiger partial charge in [0, 0.05) is 43.5 Å². The van der Waals surface area contributed by atoms with Gasteiger partial charge in [-0.3, -0.25) is 4.98 Å². The monoisotopic (exact) mass is 389 g/mol. The van der Waals surface area contributed by atoms with Gasteiger partial charge in [-0.1, -0.05) is 0 Å². The van der Waals surface area contributed by atoms with E-state index in [1.165, 1.54) is 25.5 Å². The van der Waals surface area contributed by atoms with E-state index in [0.717, 1.165) is 35.4 Å². The van der Waals surface area contributed by atoms with Gasteiger partial charge in [-0.15, -0.1) is 0 Å². The van der Waals surface area contributed by atoms with Crippen LogP contribution < -0.4 is 9.80 Å². The lowest BCUT2D eigenvalue weighted by molar-refractivity contribution is 0.122. The van der Waals surface area contributed by atoms with Gasteiger partial charge in [0.2, 0.25) is 0 Å². The quantitative estimate of drug-likeness (QED) is 0.804. The number of rotatable bonds is 3. The third-order valence-corrected chi connectivity index (χ3v) is 6.72. The third kappa shape index (κ3) is 3.62. The fourth-order valence-corrected chi connectivity index (χ4v) is 5.40. The average molecular weight is 390 g/mol. The topological polar surface area (TPSA) is 62.7 Å². The Hall–Kier alpha value is -1.86. The Kier molecular flexibility index (Phi) is 4.99. The molecule has 2 aliphatic rings. The first-order chi connectivity index (χ1) is 12.9. The number of ether oxygens (including phenoxy) is 1. The van der Waals surface area contributed by atoms with Crippen molar-refractivity contribution in [3.05, 3.63) is 23.9 Å². The van der Waals surface area contributed by atoms with Gasteiger partial charge in [0.1, 0.15) is 4.90 Å². The number of nitrogens with zero attached hydrogens (tertiary/aromatic N) is 3. The van der Waals surface area contributed by atoms with Gasteiger partial charge in [-0.05, 0) is 44.4 Å². The summed E-state index contributed by atoms with van der Waals surface area (Å²) < 4.78 is 30.8. The fourth-order valence-electron chi connectivity index (χ4n) is 4.23. The van der Waals surface area contributed by atoms with Crippen molar-refractivity contribution in [1.82, 2.24) is 4.98 Å². The van der Waals surface area contributed by atoms with Crippen molar-refractivity contribution in [3.8, 4) is 0 Å². The van der Waals surface area contributed by atoms with E-state index in [-0.39, 0.29) is 0 Å². The van der Waals surface area contributed by atoms with Crippen LogP contribution in [0.2, 0.25) is 0 Å². The highest BCUT2D eigenvalue weighted by Gasteiger charge is 2.26. The molecule has 6 nitrogen and oxygen atoms in total. The van der Waals surface area contributed by atoms with E-state index in [9.17, 15) is 8.42 Å². The van der Waals surface area contributed by atoms with E-state index >= 15 is 0 Å². The van der Waals surface area contributed by atoms with Gasteiger partial charge < -0.3 is 14.5 Å². The van der Waals surface area contributed by atoms with Gasteiger partial charge in [-0.2, -0.15) is 0 Å². The Balaban J connectivity index is 1.94. The van der Waals surface area contributed by atoms with Crippen LogP contribution in [0.4, 0.5) is 11.4 Å². The van der Waals surface area contributed by atoms with E-state index < -0.39 is 9.84 Å². The fraction of sp³-hybridized carbons (Fsp3) is 0.550. The summed E-state index contributed by atoms with van der Waals surface area (Å²) in [5, 5.41) is 0.922. The van der Waals surface area contributed by atoms with Crippen LogP contribution in [0.3, 0.4) is 0 Å². The van der Waals surface area contributed by atoms with Crippen LogP contribution in [-0.4, -0.2) is 59.1 Å². The van der Waals surface area contributed by atoms with Crippen LogP contribution in [0.5, 0.6) is 0 Å². The summed E-state index contributed by atoms with van der Waals surface area (Å²) >= 11 is 0.